The largest absolute Gasteiger partial charge is 0.353 e. The van der Waals surface area contributed by atoms with Crippen molar-refractivity contribution in [3.8, 4) is 0 Å². The summed E-state index contributed by atoms with van der Waals surface area (Å²) >= 11 is 1.76. The second-order valence-electron chi connectivity index (χ2n) is 6.83. The maximum absolute atomic E-state index is 12.3. The van der Waals surface area contributed by atoms with Gasteiger partial charge in [0.2, 0.25) is 5.91 Å². The second-order valence-corrected chi connectivity index (χ2v) is 7.95. The minimum atomic E-state index is 0.292. The highest BCUT2D eigenvalue weighted by Crippen LogP contribution is 2.30. The molecule has 25 heavy (non-hydrogen) atoms. The lowest BCUT2D eigenvalue weighted by atomic mass is 10.2. The molecule has 0 spiro atoms. The van der Waals surface area contributed by atoms with Crippen LogP contribution in [-0.4, -0.2) is 71.5 Å². The first-order valence-electron chi connectivity index (χ1n) is 9.23. The Labute approximate surface area is 152 Å². The van der Waals surface area contributed by atoms with Crippen LogP contribution in [0.25, 0.3) is 10.2 Å². The summed E-state index contributed by atoms with van der Waals surface area (Å²) in [6.45, 7) is 8.27. The number of aryl methyl sites for hydroxylation is 1. The molecule has 2 aliphatic heterocycles. The van der Waals surface area contributed by atoms with Gasteiger partial charge < -0.3 is 9.80 Å². The molecule has 2 aromatic heterocycles. The summed E-state index contributed by atoms with van der Waals surface area (Å²) < 4.78 is 0. The van der Waals surface area contributed by atoms with E-state index in [1.165, 1.54) is 10.3 Å². The lowest BCUT2D eigenvalue weighted by Crippen LogP contribution is -2.50. The number of piperazine rings is 1. The smallest absolute Gasteiger partial charge is 0.236 e. The Morgan fingerprint density at radius 1 is 1.12 bits per heavy atom. The van der Waals surface area contributed by atoms with Crippen molar-refractivity contribution in [1.29, 1.82) is 0 Å². The van der Waals surface area contributed by atoms with E-state index in [0.717, 1.165) is 69.2 Å². The van der Waals surface area contributed by atoms with Crippen LogP contribution in [0.2, 0.25) is 0 Å². The molecule has 0 radical (unpaired) electrons. The van der Waals surface area contributed by atoms with Crippen molar-refractivity contribution < 1.29 is 4.79 Å². The molecule has 0 unspecified atom stereocenters. The standard InChI is InChI=1S/C18H25N5OS/c1-2-14-11-15-17(19-13-20-18(15)25-14)23-9-7-21(8-10-23)12-16(24)22-5-3-4-6-22/h11,13H,2-10,12H2,1H3. The third kappa shape index (κ3) is 3.48. The molecule has 4 rings (SSSR count). The van der Waals surface area contributed by atoms with Gasteiger partial charge in [-0.05, 0) is 25.3 Å². The van der Waals surface area contributed by atoms with Gasteiger partial charge in [-0.15, -0.1) is 11.3 Å². The molecule has 1 amide bonds. The van der Waals surface area contributed by atoms with E-state index in [9.17, 15) is 4.79 Å². The van der Waals surface area contributed by atoms with E-state index < -0.39 is 0 Å². The summed E-state index contributed by atoms with van der Waals surface area (Å²) in [5, 5.41) is 1.17. The van der Waals surface area contributed by atoms with Gasteiger partial charge in [0.15, 0.2) is 0 Å². The molecule has 134 valence electrons. The zero-order valence-electron chi connectivity index (χ0n) is 14.8. The Morgan fingerprint density at radius 3 is 2.60 bits per heavy atom. The fraction of sp³-hybridized carbons (Fsp3) is 0.611. The summed E-state index contributed by atoms with van der Waals surface area (Å²) in [5.74, 6) is 1.34. The van der Waals surface area contributed by atoms with Crippen molar-refractivity contribution in [3.63, 3.8) is 0 Å². The van der Waals surface area contributed by atoms with Crippen molar-refractivity contribution >= 4 is 33.3 Å². The van der Waals surface area contributed by atoms with Crippen LogP contribution in [-0.2, 0) is 11.2 Å². The molecule has 0 aliphatic carbocycles. The highest BCUT2D eigenvalue weighted by molar-refractivity contribution is 7.18. The van der Waals surface area contributed by atoms with Gasteiger partial charge in [-0.3, -0.25) is 9.69 Å². The minimum Gasteiger partial charge on any atom is -0.353 e. The van der Waals surface area contributed by atoms with Crippen LogP contribution in [0, 0.1) is 0 Å². The molecular weight excluding hydrogens is 334 g/mol. The Bertz CT molecular complexity index is 747. The van der Waals surface area contributed by atoms with Crippen LogP contribution in [0.15, 0.2) is 12.4 Å². The van der Waals surface area contributed by atoms with Crippen LogP contribution < -0.4 is 4.90 Å². The first kappa shape index (κ1) is 16.7. The number of carbonyl (C=O) groups is 1. The summed E-state index contributed by atoms with van der Waals surface area (Å²) in [5.41, 5.74) is 0. The average molecular weight is 359 g/mol. The number of hydrogen-bond acceptors (Lipinski definition) is 6. The zero-order chi connectivity index (χ0) is 17.2. The van der Waals surface area contributed by atoms with Crippen molar-refractivity contribution in [1.82, 2.24) is 19.8 Å². The summed E-state index contributed by atoms with van der Waals surface area (Å²) in [7, 11) is 0. The molecule has 0 atom stereocenters. The van der Waals surface area contributed by atoms with Gasteiger partial charge in [0.05, 0.1) is 11.9 Å². The number of amides is 1. The van der Waals surface area contributed by atoms with Gasteiger partial charge in [-0.2, -0.15) is 0 Å². The highest BCUT2D eigenvalue weighted by atomic mass is 32.1. The third-order valence-corrected chi connectivity index (χ3v) is 6.38. The Kier molecular flexibility index (Phi) is 4.85. The second kappa shape index (κ2) is 7.25. The molecule has 2 fully saturated rings. The predicted octanol–water partition coefficient (Wildman–Crippen LogP) is 2.00. The van der Waals surface area contributed by atoms with E-state index in [-0.39, 0.29) is 0 Å². The maximum Gasteiger partial charge on any atom is 0.236 e. The van der Waals surface area contributed by atoms with Crippen LogP contribution >= 0.6 is 11.3 Å². The number of carbonyl (C=O) groups excluding carboxylic acids is 1. The fourth-order valence-electron chi connectivity index (χ4n) is 3.69. The number of thiophene rings is 1. The quantitative estimate of drug-likeness (QED) is 0.836. The molecule has 7 heteroatoms. The van der Waals surface area contributed by atoms with E-state index in [1.54, 1.807) is 17.7 Å². The van der Waals surface area contributed by atoms with Crippen LogP contribution in [0.1, 0.15) is 24.6 Å². The van der Waals surface area contributed by atoms with Crippen LogP contribution in [0.5, 0.6) is 0 Å². The molecular formula is C18H25N5OS. The minimum absolute atomic E-state index is 0.292. The number of anilines is 1. The normalized spacial score (nSPS) is 19.1. The van der Waals surface area contributed by atoms with Crippen molar-refractivity contribution in [3.05, 3.63) is 17.3 Å². The average Bonchev–Trinajstić information content (AvgIpc) is 3.31. The number of hydrogen-bond donors (Lipinski definition) is 0. The van der Waals surface area contributed by atoms with Crippen molar-refractivity contribution in [2.45, 2.75) is 26.2 Å². The molecule has 2 saturated heterocycles. The van der Waals surface area contributed by atoms with Crippen molar-refractivity contribution in [2.24, 2.45) is 0 Å². The molecule has 0 N–H and O–H groups in total. The van der Waals surface area contributed by atoms with Crippen LogP contribution in [0.4, 0.5) is 5.82 Å². The lowest BCUT2D eigenvalue weighted by molar-refractivity contribution is -0.131. The van der Waals surface area contributed by atoms with E-state index in [1.807, 2.05) is 4.90 Å². The maximum atomic E-state index is 12.3. The summed E-state index contributed by atoms with van der Waals surface area (Å²) in [6.07, 6.45) is 5.02. The number of rotatable bonds is 4. The van der Waals surface area contributed by atoms with Crippen molar-refractivity contribution in [2.75, 3.05) is 50.7 Å². The van der Waals surface area contributed by atoms with E-state index >= 15 is 0 Å². The Morgan fingerprint density at radius 2 is 1.88 bits per heavy atom. The molecule has 0 aromatic carbocycles. The van der Waals surface area contributed by atoms with Gasteiger partial charge in [-0.25, -0.2) is 9.97 Å². The SMILES string of the molecule is CCc1cc2c(N3CCN(CC(=O)N4CCCC4)CC3)ncnc2s1. The van der Waals surface area contributed by atoms with Gasteiger partial charge in [0.1, 0.15) is 17.0 Å². The monoisotopic (exact) mass is 359 g/mol. The fourth-order valence-corrected chi connectivity index (χ4v) is 4.62. The zero-order valence-corrected chi connectivity index (χ0v) is 15.6. The first-order valence-corrected chi connectivity index (χ1v) is 10.0. The lowest BCUT2D eigenvalue weighted by Gasteiger charge is -2.35. The number of aromatic nitrogens is 2. The summed E-state index contributed by atoms with van der Waals surface area (Å²) in [6, 6.07) is 2.23. The first-order chi connectivity index (χ1) is 12.2. The highest BCUT2D eigenvalue weighted by Gasteiger charge is 2.24. The third-order valence-electron chi connectivity index (χ3n) is 5.20. The summed E-state index contributed by atoms with van der Waals surface area (Å²) in [4.78, 5) is 30.4. The van der Waals surface area contributed by atoms with Gasteiger partial charge in [0.25, 0.3) is 0 Å². The van der Waals surface area contributed by atoms with Gasteiger partial charge in [0, 0.05) is 44.1 Å². The van der Waals surface area contributed by atoms with Crippen LogP contribution in [0.3, 0.4) is 0 Å². The molecule has 2 aliphatic rings. The van der Waals surface area contributed by atoms with E-state index in [0.29, 0.717) is 12.5 Å². The molecule has 0 saturated carbocycles. The Hall–Kier alpha value is -1.73. The molecule has 0 bridgehead atoms. The predicted molar refractivity (Wildman–Crippen MR) is 101 cm³/mol. The number of nitrogens with zero attached hydrogens (tertiary/aromatic N) is 5. The van der Waals surface area contributed by atoms with E-state index in [2.05, 4.69) is 32.8 Å². The number of likely N-dealkylation sites (tertiary alicyclic amines) is 1. The molecule has 6 nitrogen and oxygen atoms in total. The molecule has 4 heterocycles. The topological polar surface area (TPSA) is 52.6 Å². The van der Waals surface area contributed by atoms with Gasteiger partial charge >= 0.3 is 0 Å². The van der Waals surface area contributed by atoms with E-state index in [4.69, 9.17) is 0 Å². The Balaban J connectivity index is 1.40. The number of fused-ring (bicyclic) bond motifs is 1. The molecule has 2 aromatic rings. The van der Waals surface area contributed by atoms with Gasteiger partial charge in [-0.1, -0.05) is 6.92 Å².